The molecule has 0 aliphatic carbocycles. The lowest BCUT2D eigenvalue weighted by molar-refractivity contribution is 0.173. The highest BCUT2D eigenvalue weighted by molar-refractivity contribution is 5.28. The fraction of sp³-hybridized carbons (Fsp3) is 0.385. The first-order chi connectivity index (χ1) is 7.27. The highest BCUT2D eigenvalue weighted by Gasteiger charge is 2.03. The smallest absolute Gasteiger partial charge is 0.119 e. The summed E-state index contributed by atoms with van der Waals surface area (Å²) in [5.74, 6) is 0.837. The van der Waals surface area contributed by atoms with Gasteiger partial charge in [-0.25, -0.2) is 0 Å². The van der Waals surface area contributed by atoms with Crippen molar-refractivity contribution >= 4 is 0 Å². The summed E-state index contributed by atoms with van der Waals surface area (Å²) in [5, 5.41) is 9.58. The summed E-state index contributed by atoms with van der Waals surface area (Å²) in [5.41, 5.74) is 0.938. The Morgan fingerprint density at radius 1 is 1.40 bits per heavy atom. The molecular weight excluding hydrogens is 188 g/mol. The number of benzene rings is 1. The standard InChI is InChI=1S/C13H18O2/c1-3-5-10-15-12-8-6-11(7-9-12)13(14)4-2/h3,6-9,13-14H,1,4-5,10H2,2H3. The van der Waals surface area contributed by atoms with Gasteiger partial charge in [-0.3, -0.25) is 0 Å². The number of hydrogen-bond acceptors (Lipinski definition) is 2. The molecule has 1 aromatic carbocycles. The highest BCUT2D eigenvalue weighted by atomic mass is 16.5. The third-order valence-electron chi connectivity index (χ3n) is 2.24. The Balaban J connectivity index is 2.52. The molecule has 82 valence electrons. The van der Waals surface area contributed by atoms with Gasteiger partial charge in [0.2, 0.25) is 0 Å². The van der Waals surface area contributed by atoms with Gasteiger partial charge in [-0.1, -0.05) is 25.1 Å². The Morgan fingerprint density at radius 2 is 2.07 bits per heavy atom. The molecule has 2 nitrogen and oxygen atoms in total. The lowest BCUT2D eigenvalue weighted by Crippen LogP contribution is -1.97. The minimum Gasteiger partial charge on any atom is -0.493 e. The SMILES string of the molecule is C=CCCOc1ccc(C(O)CC)cc1. The van der Waals surface area contributed by atoms with E-state index in [-0.39, 0.29) is 6.10 Å². The first-order valence-corrected chi connectivity index (χ1v) is 5.29. The molecule has 0 bridgehead atoms. The molecule has 0 saturated carbocycles. The van der Waals surface area contributed by atoms with Crippen LogP contribution in [0, 0.1) is 0 Å². The lowest BCUT2D eigenvalue weighted by atomic mass is 10.1. The molecule has 0 aliphatic heterocycles. The number of aliphatic hydroxyl groups is 1. The van der Waals surface area contributed by atoms with Crippen molar-refractivity contribution in [2.24, 2.45) is 0 Å². The molecule has 0 aromatic heterocycles. The van der Waals surface area contributed by atoms with Crippen LogP contribution in [0.15, 0.2) is 36.9 Å². The number of ether oxygens (including phenoxy) is 1. The maximum atomic E-state index is 9.58. The lowest BCUT2D eigenvalue weighted by Gasteiger charge is -2.09. The zero-order valence-corrected chi connectivity index (χ0v) is 9.15. The van der Waals surface area contributed by atoms with Crippen molar-refractivity contribution in [3.8, 4) is 5.75 Å². The topological polar surface area (TPSA) is 29.5 Å². The summed E-state index contributed by atoms with van der Waals surface area (Å²) >= 11 is 0. The van der Waals surface area contributed by atoms with Gasteiger partial charge in [0.05, 0.1) is 12.7 Å². The molecule has 0 aliphatic rings. The Bertz CT molecular complexity index is 290. The van der Waals surface area contributed by atoms with Gasteiger partial charge in [-0.2, -0.15) is 0 Å². The van der Waals surface area contributed by atoms with Crippen LogP contribution < -0.4 is 4.74 Å². The molecule has 0 amide bonds. The maximum absolute atomic E-state index is 9.58. The predicted octanol–water partition coefficient (Wildman–Crippen LogP) is 3.08. The zero-order valence-electron chi connectivity index (χ0n) is 9.15. The average Bonchev–Trinajstić information content (AvgIpc) is 2.29. The van der Waals surface area contributed by atoms with E-state index in [1.54, 1.807) is 0 Å². The van der Waals surface area contributed by atoms with E-state index < -0.39 is 0 Å². The quantitative estimate of drug-likeness (QED) is 0.572. The van der Waals surface area contributed by atoms with Crippen LogP contribution in [0.2, 0.25) is 0 Å². The summed E-state index contributed by atoms with van der Waals surface area (Å²) in [6.07, 6.45) is 3.04. The second kappa shape index (κ2) is 6.25. The third kappa shape index (κ3) is 3.76. The van der Waals surface area contributed by atoms with Crippen molar-refractivity contribution in [1.82, 2.24) is 0 Å². The molecule has 1 aromatic rings. The second-order valence-electron chi connectivity index (χ2n) is 3.42. The van der Waals surface area contributed by atoms with Crippen LogP contribution in [0.5, 0.6) is 5.75 Å². The van der Waals surface area contributed by atoms with E-state index in [1.165, 1.54) is 0 Å². The van der Waals surface area contributed by atoms with E-state index in [4.69, 9.17) is 4.74 Å². The monoisotopic (exact) mass is 206 g/mol. The maximum Gasteiger partial charge on any atom is 0.119 e. The molecule has 2 heteroatoms. The van der Waals surface area contributed by atoms with Crippen molar-refractivity contribution in [2.75, 3.05) is 6.61 Å². The van der Waals surface area contributed by atoms with Crippen LogP contribution in [0.25, 0.3) is 0 Å². The first kappa shape index (κ1) is 11.8. The molecule has 0 saturated heterocycles. The molecule has 1 rings (SSSR count). The van der Waals surface area contributed by atoms with Crippen molar-refractivity contribution in [3.63, 3.8) is 0 Å². The summed E-state index contributed by atoms with van der Waals surface area (Å²) in [6.45, 7) is 6.24. The second-order valence-corrected chi connectivity index (χ2v) is 3.42. The van der Waals surface area contributed by atoms with Crippen LogP contribution in [0.4, 0.5) is 0 Å². The fourth-order valence-electron chi connectivity index (χ4n) is 1.28. The van der Waals surface area contributed by atoms with Gasteiger partial charge in [0.1, 0.15) is 5.75 Å². The molecule has 0 radical (unpaired) electrons. The van der Waals surface area contributed by atoms with Crippen molar-refractivity contribution in [1.29, 1.82) is 0 Å². The molecule has 1 unspecified atom stereocenters. The van der Waals surface area contributed by atoms with Crippen LogP contribution in [-0.2, 0) is 0 Å². The van der Waals surface area contributed by atoms with Gasteiger partial charge in [-0.15, -0.1) is 6.58 Å². The highest BCUT2D eigenvalue weighted by Crippen LogP contribution is 2.19. The summed E-state index contributed by atoms with van der Waals surface area (Å²) in [6, 6.07) is 7.57. The van der Waals surface area contributed by atoms with Gasteiger partial charge in [0.25, 0.3) is 0 Å². The van der Waals surface area contributed by atoms with Crippen LogP contribution >= 0.6 is 0 Å². The first-order valence-electron chi connectivity index (χ1n) is 5.29. The van der Waals surface area contributed by atoms with Gasteiger partial charge >= 0.3 is 0 Å². The largest absolute Gasteiger partial charge is 0.493 e. The van der Waals surface area contributed by atoms with Crippen LogP contribution in [0.3, 0.4) is 0 Å². The van der Waals surface area contributed by atoms with Crippen molar-refractivity contribution in [2.45, 2.75) is 25.9 Å². The molecule has 0 fully saturated rings. The van der Waals surface area contributed by atoms with E-state index in [0.717, 1.165) is 24.2 Å². The Morgan fingerprint density at radius 3 is 2.60 bits per heavy atom. The Hall–Kier alpha value is -1.28. The Labute approximate surface area is 91.2 Å². The summed E-state index contributed by atoms with van der Waals surface area (Å²) < 4.78 is 5.46. The molecular formula is C13H18O2. The molecule has 15 heavy (non-hydrogen) atoms. The summed E-state index contributed by atoms with van der Waals surface area (Å²) in [7, 11) is 0. The third-order valence-corrected chi connectivity index (χ3v) is 2.24. The van der Waals surface area contributed by atoms with Gasteiger partial charge in [-0.05, 0) is 30.5 Å². The summed E-state index contributed by atoms with van der Waals surface area (Å²) in [4.78, 5) is 0. The average molecular weight is 206 g/mol. The molecule has 1 N–H and O–H groups in total. The minimum absolute atomic E-state index is 0.368. The molecule has 0 spiro atoms. The zero-order chi connectivity index (χ0) is 11.1. The van der Waals surface area contributed by atoms with Crippen LogP contribution in [-0.4, -0.2) is 11.7 Å². The Kier molecular flexibility index (Phi) is 4.91. The van der Waals surface area contributed by atoms with E-state index in [9.17, 15) is 5.11 Å². The number of hydrogen-bond donors (Lipinski definition) is 1. The van der Waals surface area contributed by atoms with Crippen molar-refractivity contribution in [3.05, 3.63) is 42.5 Å². The van der Waals surface area contributed by atoms with Crippen molar-refractivity contribution < 1.29 is 9.84 Å². The van der Waals surface area contributed by atoms with Crippen LogP contribution in [0.1, 0.15) is 31.4 Å². The van der Waals surface area contributed by atoms with E-state index in [1.807, 2.05) is 37.3 Å². The fourth-order valence-corrected chi connectivity index (χ4v) is 1.28. The van der Waals surface area contributed by atoms with E-state index >= 15 is 0 Å². The van der Waals surface area contributed by atoms with E-state index in [2.05, 4.69) is 6.58 Å². The molecule has 1 atom stereocenters. The van der Waals surface area contributed by atoms with Gasteiger partial charge < -0.3 is 9.84 Å². The predicted molar refractivity (Wildman–Crippen MR) is 62.0 cm³/mol. The minimum atomic E-state index is -0.368. The van der Waals surface area contributed by atoms with E-state index in [0.29, 0.717) is 6.61 Å². The number of rotatable bonds is 6. The van der Waals surface area contributed by atoms with Gasteiger partial charge in [0.15, 0.2) is 0 Å². The number of aliphatic hydroxyl groups excluding tert-OH is 1. The van der Waals surface area contributed by atoms with Gasteiger partial charge in [0, 0.05) is 0 Å². The molecule has 0 heterocycles. The normalized spacial score (nSPS) is 12.1.